The first-order chi connectivity index (χ1) is 10.1. The van der Waals surface area contributed by atoms with Crippen molar-refractivity contribution in [3.8, 4) is 0 Å². The van der Waals surface area contributed by atoms with Gasteiger partial charge in [-0.3, -0.25) is 9.69 Å². The molecular formula is C15H22BrN3O2. The third kappa shape index (κ3) is 5.74. The highest BCUT2D eigenvalue weighted by Crippen LogP contribution is 2.19. The molecule has 5 nitrogen and oxygen atoms in total. The van der Waals surface area contributed by atoms with Crippen molar-refractivity contribution < 1.29 is 9.53 Å². The van der Waals surface area contributed by atoms with Crippen LogP contribution >= 0.6 is 15.9 Å². The Morgan fingerprint density at radius 3 is 2.86 bits per heavy atom. The second kappa shape index (κ2) is 8.48. The quantitative estimate of drug-likeness (QED) is 0.761. The molecule has 6 heteroatoms. The molecule has 21 heavy (non-hydrogen) atoms. The normalized spacial score (nSPS) is 15.9. The Balaban J connectivity index is 1.65. The number of benzene rings is 1. The van der Waals surface area contributed by atoms with Crippen molar-refractivity contribution in [2.75, 3.05) is 51.3 Å². The van der Waals surface area contributed by atoms with Crippen molar-refractivity contribution in [1.29, 1.82) is 0 Å². The van der Waals surface area contributed by atoms with Gasteiger partial charge in [0.1, 0.15) is 0 Å². The zero-order valence-corrected chi connectivity index (χ0v) is 13.9. The van der Waals surface area contributed by atoms with E-state index in [4.69, 9.17) is 4.74 Å². The van der Waals surface area contributed by atoms with E-state index in [1.54, 1.807) is 0 Å². The number of anilines is 1. The Labute approximate surface area is 134 Å². The Morgan fingerprint density at radius 1 is 1.38 bits per heavy atom. The van der Waals surface area contributed by atoms with Crippen molar-refractivity contribution in [3.63, 3.8) is 0 Å². The van der Waals surface area contributed by atoms with Crippen molar-refractivity contribution in [1.82, 2.24) is 10.2 Å². The number of ether oxygens (including phenoxy) is 1. The van der Waals surface area contributed by atoms with Gasteiger partial charge in [0.05, 0.1) is 19.8 Å². The van der Waals surface area contributed by atoms with E-state index >= 15 is 0 Å². The fourth-order valence-corrected chi connectivity index (χ4v) is 2.70. The molecular weight excluding hydrogens is 334 g/mol. The Kier molecular flexibility index (Phi) is 6.63. The average molecular weight is 356 g/mol. The fourth-order valence-electron chi connectivity index (χ4n) is 2.23. The topological polar surface area (TPSA) is 53.6 Å². The molecule has 0 aliphatic carbocycles. The number of morpholine rings is 1. The lowest BCUT2D eigenvalue weighted by molar-refractivity contribution is -0.115. The lowest BCUT2D eigenvalue weighted by atomic mass is 10.2. The van der Waals surface area contributed by atoms with E-state index in [1.165, 1.54) is 0 Å². The molecule has 0 spiro atoms. The lowest BCUT2D eigenvalue weighted by Crippen LogP contribution is -2.41. The minimum Gasteiger partial charge on any atom is -0.379 e. The highest BCUT2D eigenvalue weighted by molar-refractivity contribution is 9.10. The van der Waals surface area contributed by atoms with Gasteiger partial charge in [-0.05, 0) is 30.7 Å². The van der Waals surface area contributed by atoms with Gasteiger partial charge in [-0.2, -0.15) is 0 Å². The van der Waals surface area contributed by atoms with Crippen LogP contribution in [0.25, 0.3) is 0 Å². The summed E-state index contributed by atoms with van der Waals surface area (Å²) in [6.45, 7) is 7.65. The smallest absolute Gasteiger partial charge is 0.238 e. The summed E-state index contributed by atoms with van der Waals surface area (Å²) in [7, 11) is 0. The molecule has 2 N–H and O–H groups in total. The molecule has 0 unspecified atom stereocenters. The van der Waals surface area contributed by atoms with Gasteiger partial charge in [-0.15, -0.1) is 0 Å². The minimum absolute atomic E-state index is 0.0117. The molecule has 116 valence electrons. The summed E-state index contributed by atoms with van der Waals surface area (Å²) in [5.74, 6) is -0.0117. The minimum atomic E-state index is -0.0117. The Hall–Kier alpha value is -0.950. The van der Waals surface area contributed by atoms with Crippen LogP contribution in [0.1, 0.15) is 5.56 Å². The molecule has 0 atom stereocenters. The zero-order valence-electron chi connectivity index (χ0n) is 12.3. The van der Waals surface area contributed by atoms with Crippen molar-refractivity contribution in [3.05, 3.63) is 28.2 Å². The molecule has 1 aliphatic heterocycles. The summed E-state index contributed by atoms with van der Waals surface area (Å²) in [6, 6.07) is 5.82. The summed E-state index contributed by atoms with van der Waals surface area (Å²) in [5, 5.41) is 6.10. The maximum atomic E-state index is 11.9. The second-order valence-corrected chi connectivity index (χ2v) is 6.05. The van der Waals surface area contributed by atoms with Crippen molar-refractivity contribution in [2.45, 2.75) is 6.92 Å². The van der Waals surface area contributed by atoms with Crippen LogP contribution in [0.15, 0.2) is 22.7 Å². The third-order valence-corrected chi connectivity index (χ3v) is 3.95. The summed E-state index contributed by atoms with van der Waals surface area (Å²) in [5.41, 5.74) is 1.91. The molecule has 2 rings (SSSR count). The van der Waals surface area contributed by atoms with E-state index in [-0.39, 0.29) is 5.91 Å². The molecule has 1 aromatic carbocycles. The van der Waals surface area contributed by atoms with Gasteiger partial charge in [0.2, 0.25) is 5.91 Å². The number of carbonyl (C=O) groups excluding carboxylic acids is 1. The standard InChI is InChI=1S/C15H22BrN3O2/c1-12-10-13(16)2-3-14(12)18-15(20)11-17-4-5-19-6-8-21-9-7-19/h2-3,10,17H,4-9,11H2,1H3,(H,18,20). The number of halogens is 1. The van der Waals surface area contributed by atoms with Crippen LogP contribution in [-0.4, -0.2) is 56.7 Å². The molecule has 1 saturated heterocycles. The van der Waals surface area contributed by atoms with Gasteiger partial charge in [0.25, 0.3) is 0 Å². The number of aryl methyl sites for hydroxylation is 1. The summed E-state index contributed by atoms with van der Waals surface area (Å²) in [6.07, 6.45) is 0. The number of amides is 1. The monoisotopic (exact) mass is 355 g/mol. The number of hydrogen-bond acceptors (Lipinski definition) is 4. The molecule has 0 aromatic heterocycles. The number of nitrogens with zero attached hydrogens (tertiary/aromatic N) is 1. The van der Waals surface area contributed by atoms with Gasteiger partial charge in [0, 0.05) is 36.3 Å². The van der Waals surface area contributed by atoms with Crippen LogP contribution in [0.5, 0.6) is 0 Å². The summed E-state index contributed by atoms with van der Waals surface area (Å²) < 4.78 is 6.32. The van der Waals surface area contributed by atoms with E-state index in [1.807, 2.05) is 25.1 Å². The fraction of sp³-hybridized carbons (Fsp3) is 0.533. The molecule has 0 radical (unpaired) electrons. The highest BCUT2D eigenvalue weighted by Gasteiger charge is 2.10. The maximum absolute atomic E-state index is 11.9. The Bertz CT molecular complexity index is 476. The molecule has 1 aliphatic rings. The van der Waals surface area contributed by atoms with Crippen molar-refractivity contribution >= 4 is 27.5 Å². The first kappa shape index (κ1) is 16.4. The van der Waals surface area contributed by atoms with Crippen LogP contribution < -0.4 is 10.6 Å². The number of hydrogen-bond donors (Lipinski definition) is 2. The summed E-state index contributed by atoms with van der Waals surface area (Å²) >= 11 is 3.41. The summed E-state index contributed by atoms with van der Waals surface area (Å²) in [4.78, 5) is 14.2. The molecule has 1 amide bonds. The van der Waals surface area contributed by atoms with E-state index in [9.17, 15) is 4.79 Å². The number of carbonyl (C=O) groups is 1. The highest BCUT2D eigenvalue weighted by atomic mass is 79.9. The van der Waals surface area contributed by atoms with Crippen molar-refractivity contribution in [2.24, 2.45) is 0 Å². The first-order valence-corrected chi connectivity index (χ1v) is 8.01. The molecule has 1 heterocycles. The van der Waals surface area contributed by atoms with E-state index in [0.717, 1.165) is 55.1 Å². The molecule has 0 bridgehead atoms. The van der Waals surface area contributed by atoms with E-state index in [0.29, 0.717) is 6.54 Å². The van der Waals surface area contributed by atoms with Crippen LogP contribution in [0.3, 0.4) is 0 Å². The van der Waals surface area contributed by atoms with Crippen LogP contribution in [0.2, 0.25) is 0 Å². The number of nitrogens with one attached hydrogen (secondary N) is 2. The third-order valence-electron chi connectivity index (χ3n) is 3.46. The van der Waals surface area contributed by atoms with Gasteiger partial charge in [0.15, 0.2) is 0 Å². The van der Waals surface area contributed by atoms with E-state index in [2.05, 4.69) is 31.5 Å². The second-order valence-electron chi connectivity index (χ2n) is 5.14. The van der Waals surface area contributed by atoms with E-state index < -0.39 is 0 Å². The molecule has 1 aromatic rings. The van der Waals surface area contributed by atoms with Gasteiger partial charge < -0.3 is 15.4 Å². The van der Waals surface area contributed by atoms with Crippen LogP contribution in [-0.2, 0) is 9.53 Å². The molecule has 1 fully saturated rings. The van der Waals surface area contributed by atoms with Gasteiger partial charge in [-0.25, -0.2) is 0 Å². The van der Waals surface area contributed by atoms with Crippen LogP contribution in [0, 0.1) is 6.92 Å². The van der Waals surface area contributed by atoms with Crippen LogP contribution in [0.4, 0.5) is 5.69 Å². The zero-order chi connectivity index (χ0) is 15.1. The maximum Gasteiger partial charge on any atom is 0.238 e. The average Bonchev–Trinajstić information content (AvgIpc) is 2.48. The predicted molar refractivity (Wildman–Crippen MR) is 87.6 cm³/mol. The predicted octanol–water partition coefficient (Wildman–Crippen LogP) is 1.62. The SMILES string of the molecule is Cc1cc(Br)ccc1NC(=O)CNCCN1CCOCC1. The van der Waals surface area contributed by atoms with Gasteiger partial charge in [-0.1, -0.05) is 15.9 Å². The lowest BCUT2D eigenvalue weighted by Gasteiger charge is -2.26. The molecule has 0 saturated carbocycles. The van der Waals surface area contributed by atoms with Gasteiger partial charge >= 0.3 is 0 Å². The Morgan fingerprint density at radius 2 is 2.14 bits per heavy atom. The number of rotatable bonds is 6. The largest absolute Gasteiger partial charge is 0.379 e. The first-order valence-electron chi connectivity index (χ1n) is 7.22.